The third-order valence-corrected chi connectivity index (χ3v) is 3.54. The van der Waals surface area contributed by atoms with Crippen LogP contribution in [0.4, 0.5) is 0 Å². The lowest BCUT2D eigenvalue weighted by atomic mass is 10.2. The van der Waals surface area contributed by atoms with Crippen molar-refractivity contribution in [2.45, 2.75) is 6.54 Å². The Morgan fingerprint density at radius 3 is 2.48 bits per heavy atom. The van der Waals surface area contributed by atoms with E-state index in [1.54, 1.807) is 7.11 Å². The predicted molar refractivity (Wildman–Crippen MR) is 87.6 cm³/mol. The molecule has 0 saturated heterocycles. The van der Waals surface area contributed by atoms with Crippen molar-refractivity contribution in [2.24, 2.45) is 0 Å². The van der Waals surface area contributed by atoms with Crippen LogP contribution in [0.15, 0.2) is 42.5 Å². The van der Waals surface area contributed by atoms with Crippen LogP contribution in [0.1, 0.15) is 5.56 Å². The van der Waals surface area contributed by atoms with Crippen molar-refractivity contribution in [3.05, 3.63) is 48.0 Å². The molecule has 5 heteroatoms. The summed E-state index contributed by atoms with van der Waals surface area (Å²) in [5.41, 5.74) is 1.17. The molecule has 1 N–H and O–H groups in total. The zero-order valence-corrected chi connectivity index (χ0v) is 13.2. The van der Waals surface area contributed by atoms with E-state index < -0.39 is 0 Å². The van der Waals surface area contributed by atoms with Crippen LogP contribution in [-0.2, 0) is 6.54 Å². The molecule has 3 rings (SSSR count). The van der Waals surface area contributed by atoms with Crippen LogP contribution in [0.25, 0.3) is 0 Å². The zero-order valence-electron chi connectivity index (χ0n) is 13.2. The first-order valence-electron chi connectivity index (χ1n) is 7.71. The van der Waals surface area contributed by atoms with Crippen LogP contribution >= 0.6 is 0 Å². The molecule has 0 atom stereocenters. The van der Waals surface area contributed by atoms with E-state index >= 15 is 0 Å². The first-order valence-corrected chi connectivity index (χ1v) is 7.71. The Morgan fingerprint density at radius 2 is 1.70 bits per heavy atom. The first kappa shape index (κ1) is 15.5. The summed E-state index contributed by atoms with van der Waals surface area (Å²) in [5.74, 6) is 3.31. The molecule has 23 heavy (non-hydrogen) atoms. The van der Waals surface area contributed by atoms with Crippen molar-refractivity contribution in [3.63, 3.8) is 0 Å². The Labute approximate surface area is 136 Å². The van der Waals surface area contributed by atoms with Crippen molar-refractivity contribution in [1.82, 2.24) is 5.32 Å². The molecule has 0 bridgehead atoms. The topological polar surface area (TPSA) is 49.0 Å². The third-order valence-electron chi connectivity index (χ3n) is 3.54. The zero-order chi connectivity index (χ0) is 15.9. The van der Waals surface area contributed by atoms with Gasteiger partial charge in [0.25, 0.3) is 0 Å². The quantitative estimate of drug-likeness (QED) is 0.796. The number of methoxy groups -OCH3 is 1. The second-order valence-corrected chi connectivity index (χ2v) is 5.18. The van der Waals surface area contributed by atoms with E-state index in [0.29, 0.717) is 19.8 Å². The normalized spacial score (nSPS) is 12.7. The predicted octanol–water partition coefficient (Wildman–Crippen LogP) is 2.64. The molecular formula is C18H21NO4. The largest absolute Gasteiger partial charge is 0.497 e. The van der Waals surface area contributed by atoms with Gasteiger partial charge >= 0.3 is 0 Å². The Hall–Kier alpha value is -2.40. The lowest BCUT2D eigenvalue weighted by Gasteiger charge is -2.19. The molecule has 0 aromatic heterocycles. The van der Waals surface area contributed by atoms with E-state index in [-0.39, 0.29) is 0 Å². The summed E-state index contributed by atoms with van der Waals surface area (Å²) >= 11 is 0. The monoisotopic (exact) mass is 315 g/mol. The summed E-state index contributed by atoms with van der Waals surface area (Å²) < 4.78 is 21.9. The third kappa shape index (κ3) is 4.29. The number of hydrogen-bond donors (Lipinski definition) is 1. The fourth-order valence-corrected chi connectivity index (χ4v) is 2.34. The molecule has 0 radical (unpaired) electrons. The SMILES string of the molecule is COc1ccc(OCCNCc2ccc3c(c2)OCCO3)cc1. The maximum Gasteiger partial charge on any atom is 0.161 e. The van der Waals surface area contributed by atoms with Gasteiger partial charge in [-0.15, -0.1) is 0 Å². The van der Waals surface area contributed by atoms with Gasteiger partial charge in [-0.25, -0.2) is 0 Å². The lowest BCUT2D eigenvalue weighted by Crippen LogP contribution is -2.21. The van der Waals surface area contributed by atoms with Gasteiger partial charge in [0, 0.05) is 13.1 Å². The second-order valence-electron chi connectivity index (χ2n) is 5.18. The maximum atomic E-state index is 5.67. The van der Waals surface area contributed by atoms with Crippen molar-refractivity contribution >= 4 is 0 Å². The van der Waals surface area contributed by atoms with E-state index in [1.165, 1.54) is 5.56 Å². The highest BCUT2D eigenvalue weighted by Crippen LogP contribution is 2.30. The molecule has 2 aromatic rings. The summed E-state index contributed by atoms with van der Waals surface area (Å²) in [6.07, 6.45) is 0. The fourth-order valence-electron chi connectivity index (χ4n) is 2.34. The maximum absolute atomic E-state index is 5.67. The summed E-state index contributed by atoms with van der Waals surface area (Å²) in [6.45, 7) is 3.37. The summed E-state index contributed by atoms with van der Waals surface area (Å²) in [7, 11) is 1.65. The molecule has 1 heterocycles. The molecule has 0 spiro atoms. The van der Waals surface area contributed by atoms with Gasteiger partial charge in [-0.3, -0.25) is 0 Å². The highest BCUT2D eigenvalue weighted by molar-refractivity contribution is 5.43. The van der Waals surface area contributed by atoms with Crippen LogP contribution in [0, 0.1) is 0 Å². The summed E-state index contributed by atoms with van der Waals surface area (Å²) in [5, 5.41) is 3.36. The highest BCUT2D eigenvalue weighted by Gasteiger charge is 2.11. The van der Waals surface area contributed by atoms with E-state index in [2.05, 4.69) is 5.32 Å². The number of rotatable bonds is 7. The Morgan fingerprint density at radius 1 is 0.957 bits per heavy atom. The van der Waals surface area contributed by atoms with Gasteiger partial charge in [-0.1, -0.05) is 6.07 Å². The van der Waals surface area contributed by atoms with E-state index in [0.717, 1.165) is 36.1 Å². The molecule has 122 valence electrons. The fraction of sp³-hybridized carbons (Fsp3) is 0.333. The second kappa shape index (κ2) is 7.74. The average molecular weight is 315 g/mol. The van der Waals surface area contributed by atoms with Crippen LogP contribution in [-0.4, -0.2) is 33.5 Å². The first-order chi connectivity index (χ1) is 11.3. The minimum atomic E-state index is 0.608. The van der Waals surface area contributed by atoms with Crippen LogP contribution in [0.3, 0.4) is 0 Å². The minimum Gasteiger partial charge on any atom is -0.497 e. The molecule has 0 amide bonds. The van der Waals surface area contributed by atoms with Crippen LogP contribution in [0.2, 0.25) is 0 Å². The Bertz CT molecular complexity index is 627. The molecule has 0 aliphatic carbocycles. The molecule has 2 aromatic carbocycles. The smallest absolute Gasteiger partial charge is 0.161 e. The molecule has 1 aliphatic rings. The van der Waals surface area contributed by atoms with Crippen molar-refractivity contribution in [3.8, 4) is 23.0 Å². The summed E-state index contributed by atoms with van der Waals surface area (Å²) in [4.78, 5) is 0. The number of nitrogens with one attached hydrogen (secondary N) is 1. The highest BCUT2D eigenvalue weighted by atomic mass is 16.6. The van der Waals surface area contributed by atoms with Crippen molar-refractivity contribution in [1.29, 1.82) is 0 Å². The lowest BCUT2D eigenvalue weighted by molar-refractivity contribution is 0.171. The van der Waals surface area contributed by atoms with E-state index in [4.69, 9.17) is 18.9 Å². The van der Waals surface area contributed by atoms with Crippen LogP contribution in [0.5, 0.6) is 23.0 Å². The van der Waals surface area contributed by atoms with Gasteiger partial charge in [0.15, 0.2) is 11.5 Å². The molecule has 0 saturated carbocycles. The molecule has 1 aliphatic heterocycles. The number of ether oxygens (including phenoxy) is 4. The van der Waals surface area contributed by atoms with Gasteiger partial charge in [0.1, 0.15) is 31.3 Å². The Kier molecular flexibility index (Phi) is 5.21. The molecule has 0 unspecified atom stereocenters. The minimum absolute atomic E-state index is 0.608. The van der Waals surface area contributed by atoms with Gasteiger partial charge in [0.2, 0.25) is 0 Å². The van der Waals surface area contributed by atoms with Crippen LogP contribution < -0.4 is 24.3 Å². The molecule has 0 fully saturated rings. The van der Waals surface area contributed by atoms with Crippen molar-refractivity contribution in [2.75, 3.05) is 33.5 Å². The van der Waals surface area contributed by atoms with Gasteiger partial charge < -0.3 is 24.3 Å². The molecule has 5 nitrogen and oxygen atoms in total. The van der Waals surface area contributed by atoms with E-state index in [9.17, 15) is 0 Å². The number of hydrogen-bond acceptors (Lipinski definition) is 5. The Balaban J connectivity index is 1.39. The molecular weight excluding hydrogens is 294 g/mol. The van der Waals surface area contributed by atoms with Crippen molar-refractivity contribution < 1.29 is 18.9 Å². The standard InChI is InChI=1S/C18H21NO4/c1-20-15-3-5-16(6-4-15)21-9-8-19-13-14-2-7-17-18(12-14)23-11-10-22-17/h2-7,12,19H,8-11,13H2,1H3. The number of fused-ring (bicyclic) bond motifs is 1. The number of benzene rings is 2. The van der Waals surface area contributed by atoms with Gasteiger partial charge in [-0.2, -0.15) is 0 Å². The van der Waals surface area contributed by atoms with Gasteiger partial charge in [-0.05, 0) is 42.0 Å². The van der Waals surface area contributed by atoms with E-state index in [1.807, 2.05) is 42.5 Å². The average Bonchev–Trinajstić information content (AvgIpc) is 2.62. The summed E-state index contributed by atoms with van der Waals surface area (Å²) in [6, 6.07) is 13.6. The van der Waals surface area contributed by atoms with Gasteiger partial charge in [0.05, 0.1) is 7.11 Å².